The molecule has 3 N–H and O–H groups in total. The summed E-state index contributed by atoms with van der Waals surface area (Å²) in [6.07, 6.45) is 5.01. The number of aromatic nitrogens is 2. The highest BCUT2D eigenvalue weighted by Crippen LogP contribution is 2.39. The summed E-state index contributed by atoms with van der Waals surface area (Å²) in [5.74, 6) is 2.08. The fraction of sp³-hybridized carbons (Fsp3) is 0.462. The zero-order valence-corrected chi connectivity index (χ0v) is 19.0. The third-order valence-electron chi connectivity index (χ3n) is 7.02. The van der Waals surface area contributed by atoms with Crippen LogP contribution in [0.1, 0.15) is 55.3 Å². The molecule has 6 heteroatoms. The van der Waals surface area contributed by atoms with Gasteiger partial charge in [0.15, 0.2) is 0 Å². The van der Waals surface area contributed by atoms with Gasteiger partial charge in [0.25, 0.3) is 0 Å². The Morgan fingerprint density at radius 2 is 1.59 bits per heavy atom. The van der Waals surface area contributed by atoms with Crippen molar-refractivity contribution in [3.05, 3.63) is 59.7 Å². The van der Waals surface area contributed by atoms with E-state index in [0.717, 1.165) is 66.9 Å². The van der Waals surface area contributed by atoms with E-state index >= 15 is 0 Å². The van der Waals surface area contributed by atoms with E-state index in [1.165, 1.54) is 5.56 Å². The number of para-hydroxylation sites is 1. The molecule has 0 spiro atoms. The number of anilines is 2. The van der Waals surface area contributed by atoms with E-state index < -0.39 is 0 Å². The molecule has 0 saturated heterocycles. The quantitative estimate of drug-likeness (QED) is 0.542. The minimum Gasteiger partial charge on any atom is -0.388 e. The lowest BCUT2D eigenvalue weighted by atomic mass is 9.90. The number of aliphatic hydroxyl groups is 1. The third-order valence-corrected chi connectivity index (χ3v) is 7.02. The molecule has 0 bridgehead atoms. The van der Waals surface area contributed by atoms with E-state index in [9.17, 15) is 5.11 Å². The van der Waals surface area contributed by atoms with Crippen LogP contribution in [0.25, 0.3) is 10.9 Å². The van der Waals surface area contributed by atoms with Crippen molar-refractivity contribution in [1.29, 1.82) is 0 Å². The molecule has 0 radical (unpaired) electrons. The third kappa shape index (κ3) is 4.30. The van der Waals surface area contributed by atoms with Crippen molar-refractivity contribution in [3.63, 3.8) is 0 Å². The molecule has 0 amide bonds. The fourth-order valence-corrected chi connectivity index (χ4v) is 5.30. The molecular formula is C26H33N5O. The van der Waals surface area contributed by atoms with Crippen LogP contribution in [0.4, 0.5) is 11.8 Å². The summed E-state index contributed by atoms with van der Waals surface area (Å²) >= 11 is 0. The van der Waals surface area contributed by atoms with Crippen LogP contribution in [-0.4, -0.2) is 47.8 Å². The van der Waals surface area contributed by atoms with E-state index in [2.05, 4.69) is 34.9 Å². The van der Waals surface area contributed by atoms with Gasteiger partial charge in [0.05, 0.1) is 11.6 Å². The highest BCUT2D eigenvalue weighted by atomic mass is 16.3. The van der Waals surface area contributed by atoms with Crippen LogP contribution in [-0.2, 0) is 0 Å². The lowest BCUT2D eigenvalue weighted by Gasteiger charge is -2.31. The SMILES string of the molecule is CN(C)c1nc(NC2CCC(NCC3CC(O)c4ccccc43)CC2)nc2ccccc12. The van der Waals surface area contributed by atoms with Crippen molar-refractivity contribution in [1.82, 2.24) is 15.3 Å². The number of hydrogen-bond donors (Lipinski definition) is 3. The van der Waals surface area contributed by atoms with Gasteiger partial charge in [0, 0.05) is 38.1 Å². The molecule has 2 atom stereocenters. The molecule has 1 aromatic heterocycles. The first-order chi connectivity index (χ1) is 15.6. The molecule has 2 unspecified atom stereocenters. The van der Waals surface area contributed by atoms with Gasteiger partial charge in [-0.25, -0.2) is 4.98 Å². The predicted molar refractivity (Wildman–Crippen MR) is 130 cm³/mol. The molecule has 2 aliphatic rings. The predicted octanol–water partition coefficient (Wildman–Crippen LogP) is 4.23. The highest BCUT2D eigenvalue weighted by Gasteiger charge is 2.30. The van der Waals surface area contributed by atoms with Crippen LogP contribution in [0.5, 0.6) is 0 Å². The molecule has 3 aromatic rings. The van der Waals surface area contributed by atoms with Gasteiger partial charge in [-0.2, -0.15) is 4.98 Å². The number of nitrogens with one attached hydrogen (secondary N) is 2. The summed E-state index contributed by atoms with van der Waals surface area (Å²) in [5.41, 5.74) is 3.40. The van der Waals surface area contributed by atoms with Gasteiger partial charge in [-0.05, 0) is 61.3 Å². The first-order valence-electron chi connectivity index (χ1n) is 11.8. The minimum atomic E-state index is -0.313. The summed E-state index contributed by atoms with van der Waals surface area (Å²) in [4.78, 5) is 11.6. The van der Waals surface area contributed by atoms with Crippen LogP contribution in [0.2, 0.25) is 0 Å². The maximum Gasteiger partial charge on any atom is 0.225 e. The lowest BCUT2D eigenvalue weighted by molar-refractivity contribution is 0.171. The van der Waals surface area contributed by atoms with Crippen molar-refractivity contribution in [3.8, 4) is 0 Å². The Morgan fingerprint density at radius 1 is 0.906 bits per heavy atom. The molecule has 2 aliphatic carbocycles. The molecule has 1 fully saturated rings. The highest BCUT2D eigenvalue weighted by molar-refractivity contribution is 5.90. The van der Waals surface area contributed by atoms with E-state index in [1.54, 1.807) is 0 Å². The van der Waals surface area contributed by atoms with Crippen LogP contribution in [0, 0.1) is 0 Å². The van der Waals surface area contributed by atoms with E-state index in [0.29, 0.717) is 18.0 Å². The van der Waals surface area contributed by atoms with Gasteiger partial charge < -0.3 is 20.6 Å². The number of benzene rings is 2. The molecule has 2 aromatic carbocycles. The maximum absolute atomic E-state index is 10.3. The average molecular weight is 432 g/mol. The van der Waals surface area contributed by atoms with Gasteiger partial charge in [-0.3, -0.25) is 0 Å². The summed E-state index contributed by atoms with van der Waals surface area (Å²) in [5, 5.41) is 18.8. The molecule has 32 heavy (non-hydrogen) atoms. The number of hydrogen-bond acceptors (Lipinski definition) is 6. The second-order valence-corrected chi connectivity index (χ2v) is 9.46. The topological polar surface area (TPSA) is 73.3 Å². The number of aliphatic hydroxyl groups excluding tert-OH is 1. The number of nitrogens with zero attached hydrogens (tertiary/aromatic N) is 3. The summed E-state index contributed by atoms with van der Waals surface area (Å²) in [6, 6.07) is 17.5. The van der Waals surface area contributed by atoms with Gasteiger partial charge >= 0.3 is 0 Å². The molecule has 0 aliphatic heterocycles. The maximum atomic E-state index is 10.3. The summed E-state index contributed by atoms with van der Waals surface area (Å²) in [6.45, 7) is 0.941. The van der Waals surface area contributed by atoms with Crippen molar-refractivity contribution >= 4 is 22.7 Å². The number of rotatable bonds is 6. The van der Waals surface area contributed by atoms with Crippen LogP contribution in [0.15, 0.2) is 48.5 Å². The Kier molecular flexibility index (Phi) is 5.98. The van der Waals surface area contributed by atoms with Crippen LogP contribution >= 0.6 is 0 Å². The first-order valence-corrected chi connectivity index (χ1v) is 11.8. The lowest BCUT2D eigenvalue weighted by Crippen LogP contribution is -2.38. The average Bonchev–Trinajstić information content (AvgIpc) is 3.14. The Bertz CT molecular complexity index is 1080. The molecule has 1 heterocycles. The van der Waals surface area contributed by atoms with Gasteiger partial charge in [0.2, 0.25) is 5.95 Å². The van der Waals surface area contributed by atoms with E-state index in [4.69, 9.17) is 9.97 Å². The summed E-state index contributed by atoms with van der Waals surface area (Å²) < 4.78 is 0. The second-order valence-electron chi connectivity index (χ2n) is 9.46. The largest absolute Gasteiger partial charge is 0.388 e. The second kappa shape index (κ2) is 9.04. The normalized spacial score (nSPS) is 25.0. The molecule has 6 nitrogen and oxygen atoms in total. The minimum absolute atomic E-state index is 0.313. The van der Waals surface area contributed by atoms with Crippen LogP contribution < -0.4 is 15.5 Å². The Balaban J connectivity index is 1.17. The van der Waals surface area contributed by atoms with Gasteiger partial charge in [-0.1, -0.05) is 36.4 Å². The fourth-order valence-electron chi connectivity index (χ4n) is 5.30. The van der Waals surface area contributed by atoms with Crippen molar-refractivity contribution in [2.75, 3.05) is 30.9 Å². The molecular weight excluding hydrogens is 398 g/mol. The zero-order chi connectivity index (χ0) is 22.1. The standard InChI is InChI=1S/C26H33N5O/c1-31(2)25-22-9-5-6-10-23(22)29-26(30-25)28-19-13-11-18(12-14-19)27-16-17-15-24(32)21-8-4-3-7-20(17)21/h3-10,17-19,24,27,32H,11-16H2,1-2H3,(H,28,29,30). The molecule has 5 rings (SSSR count). The summed E-state index contributed by atoms with van der Waals surface area (Å²) in [7, 11) is 4.05. The molecule has 168 valence electrons. The van der Waals surface area contributed by atoms with Crippen molar-refractivity contribution in [2.45, 2.75) is 56.2 Å². The first kappa shape index (κ1) is 21.2. The van der Waals surface area contributed by atoms with Crippen molar-refractivity contribution < 1.29 is 5.11 Å². The van der Waals surface area contributed by atoms with E-state index in [-0.39, 0.29) is 6.10 Å². The number of fused-ring (bicyclic) bond motifs is 2. The Hall–Kier alpha value is -2.70. The Labute approximate surface area is 190 Å². The van der Waals surface area contributed by atoms with Crippen LogP contribution in [0.3, 0.4) is 0 Å². The zero-order valence-electron chi connectivity index (χ0n) is 19.0. The molecule has 1 saturated carbocycles. The monoisotopic (exact) mass is 431 g/mol. The Morgan fingerprint density at radius 3 is 2.38 bits per heavy atom. The van der Waals surface area contributed by atoms with Gasteiger partial charge in [0.1, 0.15) is 5.82 Å². The smallest absolute Gasteiger partial charge is 0.225 e. The van der Waals surface area contributed by atoms with Crippen molar-refractivity contribution in [2.24, 2.45) is 0 Å². The van der Waals surface area contributed by atoms with E-state index in [1.807, 2.05) is 43.3 Å². The van der Waals surface area contributed by atoms with Gasteiger partial charge in [-0.15, -0.1) is 0 Å².